The number of aliphatic carboxylic acids is 1. The molecule has 1 aliphatic rings. The van der Waals surface area contributed by atoms with Crippen LogP contribution in [0.3, 0.4) is 0 Å². The number of benzene rings is 1. The highest BCUT2D eigenvalue weighted by molar-refractivity contribution is 5.67. The van der Waals surface area contributed by atoms with Gasteiger partial charge in [0, 0.05) is 19.6 Å². The molecule has 0 saturated carbocycles. The Kier molecular flexibility index (Phi) is 3.94. The quantitative estimate of drug-likeness (QED) is 0.864. The standard InChI is InChI=1S/C14H17NO2/c16-14(17)8-11-15-9-6-13(7-10-15)12-4-2-1-3-5-12/h1-6H,7-11H2,(H,16,17). The fraction of sp³-hybridized carbons (Fsp3) is 0.357. The molecule has 17 heavy (non-hydrogen) atoms. The maximum Gasteiger partial charge on any atom is 0.304 e. The van der Waals surface area contributed by atoms with Crippen LogP contribution in [0.5, 0.6) is 0 Å². The van der Waals surface area contributed by atoms with Gasteiger partial charge in [-0.3, -0.25) is 9.69 Å². The summed E-state index contributed by atoms with van der Waals surface area (Å²) in [7, 11) is 0. The van der Waals surface area contributed by atoms with Gasteiger partial charge >= 0.3 is 5.97 Å². The van der Waals surface area contributed by atoms with Crippen LogP contribution in [0.15, 0.2) is 36.4 Å². The van der Waals surface area contributed by atoms with Crippen molar-refractivity contribution >= 4 is 11.5 Å². The van der Waals surface area contributed by atoms with Gasteiger partial charge in [0.25, 0.3) is 0 Å². The molecule has 0 amide bonds. The zero-order chi connectivity index (χ0) is 12.1. The van der Waals surface area contributed by atoms with Gasteiger partial charge in [0.05, 0.1) is 6.42 Å². The van der Waals surface area contributed by atoms with E-state index in [1.54, 1.807) is 0 Å². The second-order valence-corrected chi connectivity index (χ2v) is 4.29. The van der Waals surface area contributed by atoms with E-state index in [1.165, 1.54) is 11.1 Å². The van der Waals surface area contributed by atoms with Crippen LogP contribution in [0.25, 0.3) is 5.57 Å². The maximum atomic E-state index is 10.5. The van der Waals surface area contributed by atoms with Gasteiger partial charge in [-0.25, -0.2) is 0 Å². The summed E-state index contributed by atoms with van der Waals surface area (Å²) >= 11 is 0. The third kappa shape index (κ3) is 3.43. The number of rotatable bonds is 4. The summed E-state index contributed by atoms with van der Waals surface area (Å²) in [6, 6.07) is 10.4. The molecule has 1 N–H and O–H groups in total. The topological polar surface area (TPSA) is 40.5 Å². The molecule has 0 atom stereocenters. The molecule has 0 spiro atoms. The molecule has 1 heterocycles. The largest absolute Gasteiger partial charge is 0.481 e. The van der Waals surface area contributed by atoms with E-state index in [1.807, 2.05) is 18.2 Å². The predicted molar refractivity (Wildman–Crippen MR) is 67.7 cm³/mol. The molecule has 0 radical (unpaired) electrons. The van der Waals surface area contributed by atoms with Crippen LogP contribution in [0.4, 0.5) is 0 Å². The number of nitrogens with zero attached hydrogens (tertiary/aromatic N) is 1. The van der Waals surface area contributed by atoms with E-state index in [0.717, 1.165) is 19.5 Å². The summed E-state index contributed by atoms with van der Waals surface area (Å²) in [6.45, 7) is 2.46. The Hall–Kier alpha value is -1.61. The average Bonchev–Trinajstić information content (AvgIpc) is 2.38. The molecular formula is C14H17NO2. The predicted octanol–water partition coefficient (Wildman–Crippen LogP) is 2.25. The lowest BCUT2D eigenvalue weighted by molar-refractivity contribution is -0.137. The van der Waals surface area contributed by atoms with E-state index >= 15 is 0 Å². The van der Waals surface area contributed by atoms with Crippen molar-refractivity contribution in [2.45, 2.75) is 12.8 Å². The number of carbonyl (C=O) groups is 1. The van der Waals surface area contributed by atoms with E-state index in [4.69, 9.17) is 5.11 Å². The van der Waals surface area contributed by atoms with Gasteiger partial charge in [-0.15, -0.1) is 0 Å². The molecule has 2 rings (SSSR count). The molecule has 0 fully saturated rings. The second kappa shape index (κ2) is 5.64. The van der Waals surface area contributed by atoms with Crippen molar-refractivity contribution in [3.05, 3.63) is 42.0 Å². The summed E-state index contributed by atoms with van der Waals surface area (Å²) in [4.78, 5) is 12.7. The monoisotopic (exact) mass is 231 g/mol. The third-order valence-corrected chi connectivity index (χ3v) is 3.08. The van der Waals surface area contributed by atoms with Crippen LogP contribution in [0.1, 0.15) is 18.4 Å². The van der Waals surface area contributed by atoms with E-state index in [-0.39, 0.29) is 6.42 Å². The minimum absolute atomic E-state index is 0.231. The van der Waals surface area contributed by atoms with Crippen molar-refractivity contribution in [1.29, 1.82) is 0 Å². The SMILES string of the molecule is O=C(O)CCN1CC=C(c2ccccc2)CC1. The van der Waals surface area contributed by atoms with Crippen molar-refractivity contribution in [2.75, 3.05) is 19.6 Å². The highest BCUT2D eigenvalue weighted by Gasteiger charge is 2.13. The molecule has 0 aromatic heterocycles. The van der Waals surface area contributed by atoms with E-state index in [2.05, 4.69) is 23.1 Å². The van der Waals surface area contributed by atoms with Crippen molar-refractivity contribution in [1.82, 2.24) is 4.90 Å². The molecular weight excluding hydrogens is 214 g/mol. The van der Waals surface area contributed by atoms with Crippen LogP contribution in [0.2, 0.25) is 0 Å². The average molecular weight is 231 g/mol. The number of hydrogen-bond acceptors (Lipinski definition) is 2. The second-order valence-electron chi connectivity index (χ2n) is 4.29. The fourth-order valence-electron chi connectivity index (χ4n) is 2.08. The van der Waals surface area contributed by atoms with Crippen LogP contribution in [-0.2, 0) is 4.79 Å². The summed E-state index contributed by atoms with van der Waals surface area (Å²) in [5.74, 6) is -0.720. The van der Waals surface area contributed by atoms with Crippen molar-refractivity contribution in [2.24, 2.45) is 0 Å². The Morgan fingerprint density at radius 3 is 2.65 bits per heavy atom. The van der Waals surface area contributed by atoms with E-state index in [0.29, 0.717) is 6.54 Å². The molecule has 0 bridgehead atoms. The van der Waals surface area contributed by atoms with Crippen molar-refractivity contribution < 1.29 is 9.90 Å². The van der Waals surface area contributed by atoms with Gasteiger partial charge in [-0.1, -0.05) is 36.4 Å². The lowest BCUT2D eigenvalue weighted by atomic mass is 9.99. The summed E-state index contributed by atoms with van der Waals surface area (Å²) < 4.78 is 0. The van der Waals surface area contributed by atoms with E-state index in [9.17, 15) is 4.79 Å². The summed E-state index contributed by atoms with van der Waals surface area (Å²) in [6.07, 6.45) is 3.44. The lowest BCUT2D eigenvalue weighted by Crippen LogP contribution is -2.30. The Balaban J connectivity index is 1.91. The van der Waals surface area contributed by atoms with Gasteiger partial charge < -0.3 is 5.11 Å². The Morgan fingerprint density at radius 2 is 2.06 bits per heavy atom. The molecule has 1 aromatic carbocycles. The molecule has 1 aliphatic heterocycles. The van der Waals surface area contributed by atoms with Gasteiger partial charge in [-0.2, -0.15) is 0 Å². The smallest absolute Gasteiger partial charge is 0.304 e. The van der Waals surface area contributed by atoms with Gasteiger partial charge in [-0.05, 0) is 17.6 Å². The minimum atomic E-state index is -0.720. The molecule has 0 saturated heterocycles. The van der Waals surface area contributed by atoms with Gasteiger partial charge in [0.15, 0.2) is 0 Å². The summed E-state index contributed by atoms with van der Waals surface area (Å²) in [5, 5.41) is 8.63. The number of carboxylic acids is 1. The first kappa shape index (κ1) is 11.9. The highest BCUT2D eigenvalue weighted by Crippen LogP contribution is 2.21. The Morgan fingerprint density at radius 1 is 1.29 bits per heavy atom. The molecule has 0 unspecified atom stereocenters. The lowest BCUT2D eigenvalue weighted by Gasteiger charge is -2.25. The van der Waals surface area contributed by atoms with Gasteiger partial charge in [0.2, 0.25) is 0 Å². The zero-order valence-corrected chi connectivity index (χ0v) is 9.80. The number of carboxylic acid groups (broad SMARTS) is 1. The maximum absolute atomic E-state index is 10.5. The zero-order valence-electron chi connectivity index (χ0n) is 9.80. The van der Waals surface area contributed by atoms with Crippen LogP contribution in [-0.4, -0.2) is 35.6 Å². The normalized spacial score (nSPS) is 16.6. The van der Waals surface area contributed by atoms with E-state index < -0.39 is 5.97 Å². The molecule has 90 valence electrons. The Bertz CT molecular complexity index is 411. The first-order valence-corrected chi connectivity index (χ1v) is 5.94. The first-order valence-electron chi connectivity index (χ1n) is 5.94. The Labute approximate surface area is 101 Å². The van der Waals surface area contributed by atoms with Crippen LogP contribution >= 0.6 is 0 Å². The molecule has 0 aliphatic carbocycles. The first-order chi connectivity index (χ1) is 8.25. The number of hydrogen-bond donors (Lipinski definition) is 1. The van der Waals surface area contributed by atoms with Crippen LogP contribution in [0, 0.1) is 0 Å². The summed E-state index contributed by atoms with van der Waals surface area (Å²) in [5.41, 5.74) is 2.66. The van der Waals surface area contributed by atoms with Crippen molar-refractivity contribution in [3.8, 4) is 0 Å². The third-order valence-electron chi connectivity index (χ3n) is 3.08. The van der Waals surface area contributed by atoms with Gasteiger partial charge in [0.1, 0.15) is 0 Å². The fourth-order valence-corrected chi connectivity index (χ4v) is 2.08. The molecule has 3 nitrogen and oxygen atoms in total. The minimum Gasteiger partial charge on any atom is -0.481 e. The van der Waals surface area contributed by atoms with Crippen LogP contribution < -0.4 is 0 Å². The molecule has 3 heteroatoms. The molecule has 1 aromatic rings. The highest BCUT2D eigenvalue weighted by atomic mass is 16.4. The van der Waals surface area contributed by atoms with Crippen molar-refractivity contribution in [3.63, 3.8) is 0 Å².